The van der Waals surface area contributed by atoms with Crippen LogP contribution in [0.5, 0.6) is 0 Å². The van der Waals surface area contributed by atoms with Gasteiger partial charge in [0.05, 0.1) is 0 Å². The highest BCUT2D eigenvalue weighted by molar-refractivity contribution is 5.37. The molecule has 1 nitrogen and oxygen atoms in total. The fourth-order valence-corrected chi connectivity index (χ4v) is 3.42. The number of fused-ring (bicyclic) bond motifs is 1. The van der Waals surface area contributed by atoms with Gasteiger partial charge in [-0.15, -0.1) is 0 Å². The Kier molecular flexibility index (Phi) is 3.43. The average Bonchev–Trinajstić information content (AvgIpc) is 2.92. The Bertz CT molecular complexity index is 424. The molecule has 1 heteroatoms. The molecule has 1 fully saturated rings. The van der Waals surface area contributed by atoms with E-state index in [-0.39, 0.29) is 0 Å². The molecule has 1 N–H and O–H groups in total. The lowest BCUT2D eigenvalue weighted by Crippen LogP contribution is -2.24. The third kappa shape index (κ3) is 2.33. The van der Waals surface area contributed by atoms with Gasteiger partial charge in [0.2, 0.25) is 0 Å². The predicted molar refractivity (Wildman–Crippen MR) is 76.8 cm³/mol. The zero-order chi connectivity index (χ0) is 12.5. The van der Waals surface area contributed by atoms with Crippen LogP contribution in [-0.2, 0) is 12.8 Å². The molecule has 3 rings (SSSR count). The molecular formula is C17H25N. The van der Waals surface area contributed by atoms with Crippen molar-refractivity contribution in [1.29, 1.82) is 0 Å². The Morgan fingerprint density at radius 2 is 2.06 bits per heavy atom. The van der Waals surface area contributed by atoms with Crippen molar-refractivity contribution in [2.45, 2.75) is 52.0 Å². The van der Waals surface area contributed by atoms with Crippen molar-refractivity contribution < 1.29 is 0 Å². The fraction of sp³-hybridized carbons (Fsp3) is 0.647. The monoisotopic (exact) mass is 243 g/mol. The SMILES string of the molecule is CCCNC(c1ccc2c(c1)CCC2)C1CC1C. The average molecular weight is 243 g/mol. The summed E-state index contributed by atoms with van der Waals surface area (Å²) >= 11 is 0. The van der Waals surface area contributed by atoms with Gasteiger partial charge in [-0.25, -0.2) is 0 Å². The second-order valence-corrected chi connectivity index (χ2v) is 6.19. The van der Waals surface area contributed by atoms with Crippen molar-refractivity contribution in [3.05, 3.63) is 34.9 Å². The summed E-state index contributed by atoms with van der Waals surface area (Å²) in [6.07, 6.45) is 6.57. The first-order chi connectivity index (χ1) is 8.79. The molecule has 0 spiro atoms. The van der Waals surface area contributed by atoms with Crippen molar-refractivity contribution in [2.75, 3.05) is 6.54 Å². The van der Waals surface area contributed by atoms with E-state index in [0.29, 0.717) is 6.04 Å². The summed E-state index contributed by atoms with van der Waals surface area (Å²) in [5.41, 5.74) is 4.75. The lowest BCUT2D eigenvalue weighted by molar-refractivity contribution is 0.462. The van der Waals surface area contributed by atoms with Crippen LogP contribution in [0.3, 0.4) is 0 Å². The van der Waals surface area contributed by atoms with Crippen LogP contribution in [0.1, 0.15) is 55.8 Å². The third-order valence-electron chi connectivity index (χ3n) is 4.70. The summed E-state index contributed by atoms with van der Waals surface area (Å²) in [7, 11) is 0. The zero-order valence-corrected chi connectivity index (χ0v) is 11.7. The van der Waals surface area contributed by atoms with Crippen LogP contribution in [0.25, 0.3) is 0 Å². The lowest BCUT2D eigenvalue weighted by Gasteiger charge is -2.20. The van der Waals surface area contributed by atoms with Crippen LogP contribution >= 0.6 is 0 Å². The summed E-state index contributed by atoms with van der Waals surface area (Å²) in [5.74, 6) is 1.78. The largest absolute Gasteiger partial charge is 0.310 e. The molecule has 3 unspecified atom stereocenters. The normalized spacial score (nSPS) is 27.0. The molecule has 1 aromatic carbocycles. The van der Waals surface area contributed by atoms with Gasteiger partial charge in [0.1, 0.15) is 0 Å². The first kappa shape index (κ1) is 12.2. The highest BCUT2D eigenvalue weighted by Crippen LogP contribution is 2.47. The Morgan fingerprint density at radius 3 is 2.78 bits per heavy atom. The van der Waals surface area contributed by atoms with Gasteiger partial charge >= 0.3 is 0 Å². The van der Waals surface area contributed by atoms with Gasteiger partial charge in [-0.2, -0.15) is 0 Å². The van der Waals surface area contributed by atoms with E-state index in [1.165, 1.54) is 32.1 Å². The maximum Gasteiger partial charge on any atom is 0.0351 e. The van der Waals surface area contributed by atoms with Gasteiger partial charge in [0.15, 0.2) is 0 Å². The van der Waals surface area contributed by atoms with E-state index in [1.54, 1.807) is 16.7 Å². The highest BCUT2D eigenvalue weighted by atomic mass is 14.9. The van der Waals surface area contributed by atoms with Crippen LogP contribution in [0.15, 0.2) is 18.2 Å². The van der Waals surface area contributed by atoms with Crippen LogP contribution < -0.4 is 5.32 Å². The molecule has 3 atom stereocenters. The third-order valence-corrected chi connectivity index (χ3v) is 4.70. The van der Waals surface area contributed by atoms with E-state index in [4.69, 9.17) is 0 Å². The van der Waals surface area contributed by atoms with E-state index in [1.807, 2.05) is 0 Å². The second-order valence-electron chi connectivity index (χ2n) is 6.19. The fourth-order valence-electron chi connectivity index (χ4n) is 3.42. The molecule has 1 saturated carbocycles. The predicted octanol–water partition coefficient (Wildman–Crippen LogP) is 3.87. The van der Waals surface area contributed by atoms with Crippen molar-refractivity contribution in [3.63, 3.8) is 0 Å². The summed E-state index contributed by atoms with van der Waals surface area (Å²) in [6, 6.07) is 7.85. The molecule has 2 aliphatic carbocycles. The number of nitrogens with one attached hydrogen (secondary N) is 1. The molecule has 98 valence electrons. The molecule has 0 aliphatic heterocycles. The first-order valence-electron chi connectivity index (χ1n) is 7.64. The minimum Gasteiger partial charge on any atom is -0.310 e. The van der Waals surface area contributed by atoms with Gasteiger partial charge in [-0.05, 0) is 67.2 Å². The van der Waals surface area contributed by atoms with E-state index in [0.717, 1.165) is 18.4 Å². The topological polar surface area (TPSA) is 12.0 Å². The highest BCUT2D eigenvalue weighted by Gasteiger charge is 2.39. The smallest absolute Gasteiger partial charge is 0.0351 e. The summed E-state index contributed by atoms with van der Waals surface area (Å²) in [5, 5.41) is 3.77. The van der Waals surface area contributed by atoms with Crippen LogP contribution in [0.2, 0.25) is 0 Å². The summed E-state index contributed by atoms with van der Waals surface area (Å²) < 4.78 is 0. The Hall–Kier alpha value is -0.820. The van der Waals surface area contributed by atoms with Crippen LogP contribution in [-0.4, -0.2) is 6.54 Å². The molecule has 0 amide bonds. The quantitative estimate of drug-likeness (QED) is 0.827. The molecule has 0 bridgehead atoms. The molecule has 0 aromatic heterocycles. The summed E-state index contributed by atoms with van der Waals surface area (Å²) in [6.45, 7) is 5.78. The molecule has 1 aromatic rings. The minimum absolute atomic E-state index is 0.603. The Labute approximate surface area is 111 Å². The minimum atomic E-state index is 0.603. The Balaban J connectivity index is 1.80. The standard InChI is InChI=1S/C17H25N/c1-3-9-18-17(16-10-12(16)2)15-8-7-13-5-4-6-14(13)11-15/h7-8,11-12,16-18H,3-6,9-10H2,1-2H3. The van der Waals surface area contributed by atoms with E-state index in [9.17, 15) is 0 Å². The van der Waals surface area contributed by atoms with Gasteiger partial charge in [-0.3, -0.25) is 0 Å². The number of hydrogen-bond donors (Lipinski definition) is 1. The molecular weight excluding hydrogens is 218 g/mol. The zero-order valence-electron chi connectivity index (χ0n) is 11.7. The van der Waals surface area contributed by atoms with Gasteiger partial charge in [0, 0.05) is 6.04 Å². The van der Waals surface area contributed by atoms with Gasteiger partial charge in [-0.1, -0.05) is 32.0 Å². The maximum absolute atomic E-state index is 3.77. The first-order valence-corrected chi connectivity index (χ1v) is 7.64. The second kappa shape index (κ2) is 5.05. The summed E-state index contributed by atoms with van der Waals surface area (Å²) in [4.78, 5) is 0. The lowest BCUT2D eigenvalue weighted by atomic mass is 9.97. The number of hydrogen-bond acceptors (Lipinski definition) is 1. The molecule has 2 aliphatic rings. The maximum atomic E-state index is 3.77. The van der Waals surface area contributed by atoms with Crippen molar-refractivity contribution in [1.82, 2.24) is 5.32 Å². The molecule has 0 radical (unpaired) electrons. The van der Waals surface area contributed by atoms with E-state index < -0.39 is 0 Å². The molecule has 0 heterocycles. The molecule has 18 heavy (non-hydrogen) atoms. The van der Waals surface area contributed by atoms with Crippen LogP contribution in [0.4, 0.5) is 0 Å². The van der Waals surface area contributed by atoms with Crippen molar-refractivity contribution in [2.24, 2.45) is 11.8 Å². The number of rotatable bonds is 5. The van der Waals surface area contributed by atoms with Crippen molar-refractivity contribution >= 4 is 0 Å². The number of benzene rings is 1. The van der Waals surface area contributed by atoms with Crippen LogP contribution in [0, 0.1) is 11.8 Å². The Morgan fingerprint density at radius 1 is 1.28 bits per heavy atom. The van der Waals surface area contributed by atoms with Gasteiger partial charge < -0.3 is 5.32 Å². The van der Waals surface area contributed by atoms with E-state index >= 15 is 0 Å². The van der Waals surface area contributed by atoms with E-state index in [2.05, 4.69) is 37.4 Å². The molecule has 0 saturated heterocycles. The van der Waals surface area contributed by atoms with Crippen molar-refractivity contribution in [3.8, 4) is 0 Å². The van der Waals surface area contributed by atoms with Gasteiger partial charge in [0.25, 0.3) is 0 Å². The number of aryl methyl sites for hydroxylation is 2.